The molecule has 0 atom stereocenters. The summed E-state index contributed by atoms with van der Waals surface area (Å²) in [6.45, 7) is 1.81. The van der Waals surface area contributed by atoms with Gasteiger partial charge in [-0.25, -0.2) is 0 Å². The number of rotatable bonds is 1. The van der Waals surface area contributed by atoms with Crippen LogP contribution in [-0.2, 0) is 4.79 Å². The highest BCUT2D eigenvalue weighted by Gasteiger charge is 2.31. The molecule has 2 amide bonds. The average Bonchev–Trinajstić information content (AvgIpc) is 2.54. The molecular formula is C12H9Cl2NO2S. The summed E-state index contributed by atoms with van der Waals surface area (Å²) in [5, 5.41) is 0.782. The van der Waals surface area contributed by atoms with Gasteiger partial charge >= 0.3 is 0 Å². The summed E-state index contributed by atoms with van der Waals surface area (Å²) < 4.78 is 0. The van der Waals surface area contributed by atoms with Gasteiger partial charge in [-0.15, -0.1) is 0 Å². The molecule has 94 valence electrons. The van der Waals surface area contributed by atoms with E-state index >= 15 is 0 Å². The monoisotopic (exact) mass is 301 g/mol. The van der Waals surface area contributed by atoms with E-state index in [-0.39, 0.29) is 11.1 Å². The van der Waals surface area contributed by atoms with Gasteiger partial charge in [-0.3, -0.25) is 14.5 Å². The molecule has 1 heterocycles. The van der Waals surface area contributed by atoms with Crippen molar-refractivity contribution in [1.82, 2.24) is 4.90 Å². The Morgan fingerprint density at radius 3 is 2.22 bits per heavy atom. The molecule has 0 saturated carbocycles. The summed E-state index contributed by atoms with van der Waals surface area (Å²) in [6, 6.07) is 3.43. The van der Waals surface area contributed by atoms with E-state index in [0.29, 0.717) is 20.5 Å². The number of amides is 2. The minimum atomic E-state index is -0.308. The van der Waals surface area contributed by atoms with Crippen molar-refractivity contribution >= 4 is 52.2 Å². The molecule has 1 saturated heterocycles. The van der Waals surface area contributed by atoms with Crippen molar-refractivity contribution in [2.75, 3.05) is 7.05 Å². The van der Waals surface area contributed by atoms with Crippen molar-refractivity contribution in [2.24, 2.45) is 0 Å². The Morgan fingerprint density at radius 1 is 1.22 bits per heavy atom. The summed E-state index contributed by atoms with van der Waals surface area (Å²) >= 11 is 12.9. The molecule has 2 rings (SSSR count). The number of likely N-dealkylation sites (N-methyl/N-ethyl adjacent to an activating group) is 1. The van der Waals surface area contributed by atoms with Crippen molar-refractivity contribution in [1.29, 1.82) is 0 Å². The Bertz CT molecular complexity index is 560. The fourth-order valence-corrected chi connectivity index (χ4v) is 2.78. The topological polar surface area (TPSA) is 37.4 Å². The molecule has 18 heavy (non-hydrogen) atoms. The second kappa shape index (κ2) is 4.96. The highest BCUT2D eigenvalue weighted by molar-refractivity contribution is 8.18. The molecule has 0 spiro atoms. The van der Waals surface area contributed by atoms with E-state index in [9.17, 15) is 9.59 Å². The maximum atomic E-state index is 11.7. The number of halogens is 2. The normalized spacial score (nSPS) is 18.0. The zero-order valence-electron chi connectivity index (χ0n) is 9.66. The SMILES string of the molecule is Cc1c(Cl)cc(/C=C2\SC(=O)N(C)C2=O)cc1Cl. The fourth-order valence-electron chi connectivity index (χ4n) is 1.45. The maximum Gasteiger partial charge on any atom is 0.293 e. The lowest BCUT2D eigenvalue weighted by molar-refractivity contribution is -0.121. The molecule has 0 N–H and O–H groups in total. The van der Waals surface area contributed by atoms with Crippen LogP contribution in [0.4, 0.5) is 4.79 Å². The first-order valence-electron chi connectivity index (χ1n) is 5.07. The van der Waals surface area contributed by atoms with Gasteiger partial charge in [0.25, 0.3) is 11.1 Å². The average molecular weight is 302 g/mol. The first-order valence-corrected chi connectivity index (χ1v) is 6.64. The predicted molar refractivity (Wildman–Crippen MR) is 74.9 cm³/mol. The third kappa shape index (κ3) is 2.41. The van der Waals surface area contributed by atoms with Crippen LogP contribution in [0.3, 0.4) is 0 Å². The predicted octanol–water partition coefficient (Wildman–Crippen LogP) is 3.97. The molecule has 1 fully saturated rings. The first kappa shape index (κ1) is 13.5. The van der Waals surface area contributed by atoms with Gasteiger partial charge in [-0.1, -0.05) is 23.2 Å². The van der Waals surface area contributed by atoms with E-state index in [2.05, 4.69) is 0 Å². The van der Waals surface area contributed by atoms with Gasteiger partial charge in [-0.05, 0) is 48.0 Å². The van der Waals surface area contributed by atoms with E-state index in [1.807, 2.05) is 6.92 Å². The smallest absolute Gasteiger partial charge is 0.272 e. The van der Waals surface area contributed by atoms with Crippen molar-refractivity contribution in [3.05, 3.63) is 38.2 Å². The van der Waals surface area contributed by atoms with Crippen LogP contribution in [0.15, 0.2) is 17.0 Å². The summed E-state index contributed by atoms with van der Waals surface area (Å²) in [4.78, 5) is 24.5. The molecule has 0 aromatic heterocycles. The van der Waals surface area contributed by atoms with Crippen LogP contribution in [0.5, 0.6) is 0 Å². The van der Waals surface area contributed by atoms with Crippen molar-refractivity contribution in [2.45, 2.75) is 6.92 Å². The molecule has 1 aliphatic heterocycles. The number of benzene rings is 1. The number of carbonyl (C=O) groups is 2. The zero-order chi connectivity index (χ0) is 13.4. The maximum absolute atomic E-state index is 11.7. The van der Waals surface area contributed by atoms with E-state index in [0.717, 1.165) is 22.2 Å². The Labute approximate surface area is 119 Å². The van der Waals surface area contributed by atoms with Crippen LogP contribution in [0, 0.1) is 6.92 Å². The summed E-state index contributed by atoms with van der Waals surface area (Å²) in [5.74, 6) is -0.308. The standard InChI is InChI=1S/C12H9Cl2NO2S/c1-6-8(13)3-7(4-9(6)14)5-10-11(16)15(2)12(17)18-10/h3-5H,1-2H3/b10-5-. The van der Waals surface area contributed by atoms with E-state index in [1.165, 1.54) is 7.05 Å². The second-order valence-electron chi connectivity index (χ2n) is 3.85. The number of nitrogens with zero attached hydrogens (tertiary/aromatic N) is 1. The molecular weight excluding hydrogens is 293 g/mol. The minimum absolute atomic E-state index is 0.282. The van der Waals surface area contributed by atoms with Gasteiger partial charge < -0.3 is 0 Å². The molecule has 6 heteroatoms. The number of imide groups is 1. The molecule has 0 unspecified atom stereocenters. The minimum Gasteiger partial charge on any atom is -0.272 e. The number of carbonyl (C=O) groups excluding carboxylic acids is 2. The summed E-state index contributed by atoms with van der Waals surface area (Å²) in [5.41, 5.74) is 1.49. The Hall–Kier alpha value is -0.970. The Balaban J connectivity index is 2.40. The van der Waals surface area contributed by atoms with E-state index < -0.39 is 0 Å². The Kier molecular flexibility index (Phi) is 3.71. The largest absolute Gasteiger partial charge is 0.293 e. The number of thioether (sulfide) groups is 1. The van der Waals surface area contributed by atoms with Crippen molar-refractivity contribution in [3.63, 3.8) is 0 Å². The summed E-state index contributed by atoms with van der Waals surface area (Å²) in [7, 11) is 1.45. The zero-order valence-corrected chi connectivity index (χ0v) is 12.0. The van der Waals surface area contributed by atoms with E-state index in [1.54, 1.807) is 18.2 Å². The summed E-state index contributed by atoms with van der Waals surface area (Å²) in [6.07, 6.45) is 1.62. The van der Waals surface area contributed by atoms with E-state index in [4.69, 9.17) is 23.2 Å². The molecule has 0 bridgehead atoms. The Morgan fingerprint density at radius 2 is 1.78 bits per heavy atom. The van der Waals surface area contributed by atoms with Gasteiger partial charge in [0, 0.05) is 17.1 Å². The fraction of sp³-hybridized carbons (Fsp3) is 0.167. The van der Waals surface area contributed by atoms with Crippen LogP contribution in [0.1, 0.15) is 11.1 Å². The lowest BCUT2D eigenvalue weighted by atomic mass is 10.1. The van der Waals surface area contributed by atoms with Crippen LogP contribution in [0.2, 0.25) is 10.0 Å². The lowest BCUT2D eigenvalue weighted by Gasteiger charge is -2.04. The third-order valence-corrected chi connectivity index (χ3v) is 4.33. The van der Waals surface area contributed by atoms with Gasteiger partial charge in [0.05, 0.1) is 4.91 Å². The molecule has 1 aromatic carbocycles. The third-order valence-electron chi connectivity index (χ3n) is 2.59. The molecule has 0 radical (unpaired) electrons. The van der Waals surface area contributed by atoms with Gasteiger partial charge in [-0.2, -0.15) is 0 Å². The number of hydrogen-bond donors (Lipinski definition) is 0. The van der Waals surface area contributed by atoms with Crippen molar-refractivity contribution in [3.8, 4) is 0 Å². The molecule has 1 aliphatic rings. The lowest BCUT2D eigenvalue weighted by Crippen LogP contribution is -2.22. The quantitative estimate of drug-likeness (QED) is 0.737. The molecule has 0 aliphatic carbocycles. The van der Waals surface area contributed by atoms with Crippen LogP contribution in [0.25, 0.3) is 6.08 Å². The number of hydrogen-bond acceptors (Lipinski definition) is 3. The highest BCUT2D eigenvalue weighted by Crippen LogP contribution is 2.33. The van der Waals surface area contributed by atoms with Crippen LogP contribution < -0.4 is 0 Å². The van der Waals surface area contributed by atoms with Crippen LogP contribution in [-0.4, -0.2) is 23.1 Å². The van der Waals surface area contributed by atoms with Gasteiger partial charge in [0.2, 0.25) is 0 Å². The molecule has 3 nitrogen and oxygen atoms in total. The highest BCUT2D eigenvalue weighted by atomic mass is 35.5. The second-order valence-corrected chi connectivity index (χ2v) is 5.66. The first-order chi connectivity index (χ1) is 8.40. The van der Waals surface area contributed by atoms with Crippen molar-refractivity contribution < 1.29 is 9.59 Å². The molecule has 1 aromatic rings. The van der Waals surface area contributed by atoms with Gasteiger partial charge in [0.1, 0.15) is 0 Å². The van der Waals surface area contributed by atoms with Crippen LogP contribution >= 0.6 is 35.0 Å². The van der Waals surface area contributed by atoms with Gasteiger partial charge in [0.15, 0.2) is 0 Å².